The topological polar surface area (TPSA) is 69.6 Å². The van der Waals surface area contributed by atoms with Crippen LogP contribution >= 0.6 is 11.8 Å². The number of hydrogen-bond donors (Lipinski definition) is 2. The van der Waals surface area contributed by atoms with Crippen molar-refractivity contribution in [1.82, 2.24) is 10.2 Å². The lowest BCUT2D eigenvalue weighted by Gasteiger charge is -2.34. The highest BCUT2D eigenvalue weighted by Crippen LogP contribution is 2.16. The highest BCUT2D eigenvalue weighted by atomic mass is 32.2. The molecule has 2 unspecified atom stereocenters. The van der Waals surface area contributed by atoms with E-state index in [0.29, 0.717) is 6.42 Å². The van der Waals surface area contributed by atoms with Crippen LogP contribution in [0.5, 0.6) is 0 Å². The molecule has 17 heavy (non-hydrogen) atoms. The number of nitrogens with zero attached hydrogens (tertiary/aromatic N) is 1. The van der Waals surface area contributed by atoms with E-state index in [0.717, 1.165) is 18.1 Å². The lowest BCUT2D eigenvalue weighted by Crippen LogP contribution is -2.52. The summed E-state index contributed by atoms with van der Waals surface area (Å²) >= 11 is 1.84. The molecule has 2 N–H and O–H groups in total. The first kappa shape index (κ1) is 14.2. The minimum atomic E-state index is -0.876. The van der Waals surface area contributed by atoms with Crippen molar-refractivity contribution in [3.05, 3.63) is 0 Å². The minimum Gasteiger partial charge on any atom is -0.481 e. The van der Waals surface area contributed by atoms with Crippen molar-refractivity contribution in [3.63, 3.8) is 0 Å². The number of urea groups is 1. The van der Waals surface area contributed by atoms with Gasteiger partial charge in [-0.1, -0.05) is 6.92 Å². The molecule has 1 heterocycles. The summed E-state index contributed by atoms with van der Waals surface area (Å²) in [6.07, 6.45) is 0.619. The fraction of sp³-hybridized carbons (Fsp3) is 0.818. The number of amides is 2. The molecule has 1 rings (SSSR count). The van der Waals surface area contributed by atoms with Gasteiger partial charge in [-0.25, -0.2) is 4.79 Å². The van der Waals surface area contributed by atoms with Gasteiger partial charge in [0.15, 0.2) is 0 Å². The zero-order valence-electron chi connectivity index (χ0n) is 10.3. The van der Waals surface area contributed by atoms with Gasteiger partial charge in [-0.2, -0.15) is 11.8 Å². The highest BCUT2D eigenvalue weighted by molar-refractivity contribution is 7.99. The van der Waals surface area contributed by atoms with E-state index >= 15 is 0 Å². The predicted molar refractivity (Wildman–Crippen MR) is 68.4 cm³/mol. The van der Waals surface area contributed by atoms with Crippen molar-refractivity contribution in [2.24, 2.45) is 0 Å². The van der Waals surface area contributed by atoms with Crippen molar-refractivity contribution in [2.75, 3.05) is 18.1 Å². The van der Waals surface area contributed by atoms with Gasteiger partial charge in [-0.3, -0.25) is 4.79 Å². The Hall–Kier alpha value is -0.910. The molecule has 98 valence electrons. The summed E-state index contributed by atoms with van der Waals surface area (Å²) in [4.78, 5) is 24.4. The number of rotatable bonds is 4. The van der Waals surface area contributed by atoms with Crippen molar-refractivity contribution in [1.29, 1.82) is 0 Å². The minimum absolute atomic E-state index is 0.0147. The predicted octanol–water partition coefficient (Wildman–Crippen LogP) is 1.39. The Morgan fingerprint density at radius 2 is 2.29 bits per heavy atom. The number of thioether (sulfide) groups is 1. The summed E-state index contributed by atoms with van der Waals surface area (Å²) in [7, 11) is 0. The average Bonchev–Trinajstić information content (AvgIpc) is 2.27. The SMILES string of the molecule is CCC(CC(=O)O)NC(=O)N1CCSCC1C. The van der Waals surface area contributed by atoms with E-state index in [1.54, 1.807) is 4.90 Å². The van der Waals surface area contributed by atoms with Crippen LogP contribution in [-0.4, -0.2) is 52.1 Å². The summed E-state index contributed by atoms with van der Waals surface area (Å²) in [6.45, 7) is 4.63. The van der Waals surface area contributed by atoms with Crippen LogP contribution in [0.4, 0.5) is 4.79 Å². The van der Waals surface area contributed by atoms with Gasteiger partial charge in [-0.15, -0.1) is 0 Å². The molecule has 0 aromatic rings. The quantitative estimate of drug-likeness (QED) is 0.801. The molecule has 2 amide bonds. The molecule has 0 bridgehead atoms. The Bertz CT molecular complexity index is 286. The normalized spacial score (nSPS) is 22.0. The molecule has 0 aliphatic carbocycles. The zero-order valence-corrected chi connectivity index (χ0v) is 11.1. The largest absolute Gasteiger partial charge is 0.481 e. The van der Waals surface area contributed by atoms with E-state index in [1.807, 2.05) is 25.6 Å². The first-order valence-electron chi connectivity index (χ1n) is 5.91. The summed E-state index contributed by atoms with van der Waals surface area (Å²) in [5.41, 5.74) is 0. The molecule has 0 aromatic carbocycles. The van der Waals surface area contributed by atoms with Crippen molar-refractivity contribution < 1.29 is 14.7 Å². The lowest BCUT2D eigenvalue weighted by molar-refractivity contribution is -0.137. The number of carbonyl (C=O) groups is 2. The first-order valence-corrected chi connectivity index (χ1v) is 7.06. The fourth-order valence-electron chi connectivity index (χ4n) is 1.79. The number of carboxylic acid groups (broad SMARTS) is 1. The van der Waals surface area contributed by atoms with Crippen LogP contribution in [0.25, 0.3) is 0 Å². The van der Waals surface area contributed by atoms with Gasteiger partial charge in [0.2, 0.25) is 0 Å². The fourth-order valence-corrected chi connectivity index (χ4v) is 2.81. The summed E-state index contributed by atoms with van der Waals surface area (Å²) < 4.78 is 0. The van der Waals surface area contributed by atoms with Crippen LogP contribution in [0.1, 0.15) is 26.7 Å². The van der Waals surface area contributed by atoms with Gasteiger partial charge in [0.1, 0.15) is 0 Å². The highest BCUT2D eigenvalue weighted by Gasteiger charge is 2.25. The Kier molecular flexibility index (Phi) is 5.61. The molecule has 1 fully saturated rings. The molecular formula is C11H20N2O3S. The van der Waals surface area contributed by atoms with Gasteiger partial charge < -0.3 is 15.3 Å². The number of aliphatic carboxylic acids is 1. The number of carbonyl (C=O) groups excluding carboxylic acids is 1. The van der Waals surface area contributed by atoms with Gasteiger partial charge in [0, 0.05) is 30.1 Å². The smallest absolute Gasteiger partial charge is 0.317 e. The van der Waals surface area contributed by atoms with E-state index in [-0.39, 0.29) is 24.5 Å². The van der Waals surface area contributed by atoms with Gasteiger partial charge in [0.05, 0.1) is 6.42 Å². The third-order valence-electron chi connectivity index (χ3n) is 2.87. The monoisotopic (exact) mass is 260 g/mol. The van der Waals surface area contributed by atoms with Crippen LogP contribution < -0.4 is 5.32 Å². The summed E-state index contributed by atoms with van der Waals surface area (Å²) in [5, 5.41) is 11.5. The molecule has 2 atom stereocenters. The molecular weight excluding hydrogens is 240 g/mol. The van der Waals surface area contributed by atoms with E-state index in [4.69, 9.17) is 5.11 Å². The molecule has 0 spiro atoms. The summed E-state index contributed by atoms with van der Waals surface area (Å²) in [6, 6.07) is -0.191. The maximum Gasteiger partial charge on any atom is 0.317 e. The van der Waals surface area contributed by atoms with Crippen LogP contribution in [0.15, 0.2) is 0 Å². The average molecular weight is 260 g/mol. The molecule has 1 aliphatic heterocycles. The van der Waals surface area contributed by atoms with Crippen LogP contribution in [0.2, 0.25) is 0 Å². The van der Waals surface area contributed by atoms with Gasteiger partial charge in [-0.05, 0) is 13.3 Å². The van der Waals surface area contributed by atoms with Crippen LogP contribution in [0, 0.1) is 0 Å². The molecule has 5 nitrogen and oxygen atoms in total. The summed E-state index contributed by atoms with van der Waals surface area (Å²) in [5.74, 6) is 1.02. The first-order chi connectivity index (χ1) is 8.04. The maximum atomic E-state index is 12.0. The Labute approximate surface area is 106 Å². The Balaban J connectivity index is 2.48. The van der Waals surface area contributed by atoms with Crippen molar-refractivity contribution >= 4 is 23.8 Å². The van der Waals surface area contributed by atoms with Gasteiger partial charge >= 0.3 is 12.0 Å². The number of nitrogens with one attached hydrogen (secondary N) is 1. The third kappa shape index (κ3) is 4.46. The molecule has 1 saturated heterocycles. The van der Waals surface area contributed by atoms with Crippen molar-refractivity contribution in [3.8, 4) is 0 Å². The maximum absolute atomic E-state index is 12.0. The van der Waals surface area contributed by atoms with E-state index < -0.39 is 5.97 Å². The van der Waals surface area contributed by atoms with Crippen LogP contribution in [0.3, 0.4) is 0 Å². The Morgan fingerprint density at radius 1 is 1.59 bits per heavy atom. The molecule has 0 saturated carbocycles. The number of carboxylic acids is 1. The zero-order chi connectivity index (χ0) is 12.8. The molecule has 1 aliphatic rings. The van der Waals surface area contributed by atoms with Crippen molar-refractivity contribution in [2.45, 2.75) is 38.8 Å². The molecule has 6 heteroatoms. The van der Waals surface area contributed by atoms with E-state index in [2.05, 4.69) is 5.32 Å². The standard InChI is InChI=1S/C11H20N2O3S/c1-3-9(6-10(14)15)12-11(16)13-4-5-17-7-8(13)2/h8-9H,3-7H2,1-2H3,(H,12,16)(H,14,15). The Morgan fingerprint density at radius 3 is 2.82 bits per heavy atom. The van der Waals surface area contributed by atoms with E-state index in [9.17, 15) is 9.59 Å². The van der Waals surface area contributed by atoms with E-state index in [1.165, 1.54) is 0 Å². The number of hydrogen-bond acceptors (Lipinski definition) is 3. The van der Waals surface area contributed by atoms with Gasteiger partial charge in [0.25, 0.3) is 0 Å². The second kappa shape index (κ2) is 6.74. The molecule has 0 aromatic heterocycles. The third-order valence-corrected chi connectivity index (χ3v) is 4.06. The second-order valence-corrected chi connectivity index (χ2v) is 5.42. The second-order valence-electron chi connectivity index (χ2n) is 4.27. The lowest BCUT2D eigenvalue weighted by atomic mass is 10.1. The molecule has 0 radical (unpaired) electrons. The van der Waals surface area contributed by atoms with Crippen LogP contribution in [-0.2, 0) is 4.79 Å².